The van der Waals surface area contributed by atoms with E-state index in [9.17, 15) is 9.00 Å². The molecule has 0 aromatic heterocycles. The van der Waals surface area contributed by atoms with Crippen molar-refractivity contribution in [1.82, 2.24) is 5.32 Å². The largest absolute Gasteiger partial charge is 0.453 e. The van der Waals surface area contributed by atoms with Crippen LogP contribution < -0.4 is 16.4 Å². The van der Waals surface area contributed by atoms with Gasteiger partial charge in [0.25, 0.3) is 0 Å². The van der Waals surface area contributed by atoms with Gasteiger partial charge in [-0.15, -0.1) is 0 Å². The number of methoxy groups -OCH3 is 1. The van der Waals surface area contributed by atoms with Crippen molar-refractivity contribution in [2.45, 2.75) is 9.79 Å². The first-order chi connectivity index (χ1) is 11.0. The summed E-state index contributed by atoms with van der Waals surface area (Å²) in [5, 5.41) is 5.15. The molecule has 0 aliphatic heterocycles. The maximum atomic E-state index is 12.5. The number of nitrogens with one attached hydrogen (secondary N) is 2. The number of ether oxygens (including phenoxy) is 1. The predicted molar refractivity (Wildman–Crippen MR) is 93.7 cm³/mol. The fourth-order valence-electron chi connectivity index (χ4n) is 1.75. The number of rotatable bonds is 3. The minimum Gasteiger partial charge on any atom is -0.453 e. The molecule has 0 heterocycles. The van der Waals surface area contributed by atoms with Gasteiger partial charge in [-0.05, 0) is 42.5 Å². The molecule has 1 atom stereocenters. The molecule has 2 rings (SSSR count). The van der Waals surface area contributed by atoms with Gasteiger partial charge in [0, 0.05) is 9.79 Å². The summed E-state index contributed by atoms with van der Waals surface area (Å²) >= 11 is 4.96. The molecule has 6 nitrogen and oxygen atoms in total. The number of thiocarbonyl (C=S) groups is 1. The zero-order chi connectivity index (χ0) is 16.8. The van der Waals surface area contributed by atoms with Gasteiger partial charge in [-0.1, -0.05) is 18.2 Å². The summed E-state index contributed by atoms with van der Waals surface area (Å²) in [6, 6.07) is 14.0. The Morgan fingerprint density at radius 3 is 2.48 bits per heavy atom. The first kappa shape index (κ1) is 16.9. The lowest BCUT2D eigenvalue weighted by molar-refractivity contribution is 0.177. The first-order valence-corrected chi connectivity index (χ1v) is 8.09. The number of hydrogen-bond acceptors (Lipinski definition) is 5. The molecule has 4 N–H and O–H groups in total. The van der Waals surface area contributed by atoms with E-state index in [1.54, 1.807) is 30.3 Å². The van der Waals surface area contributed by atoms with E-state index in [1.807, 2.05) is 18.2 Å². The second kappa shape index (κ2) is 7.70. The monoisotopic (exact) mass is 349 g/mol. The van der Waals surface area contributed by atoms with Crippen LogP contribution in [0.15, 0.2) is 58.3 Å². The third-order valence-electron chi connectivity index (χ3n) is 2.84. The minimum absolute atomic E-state index is 0.0560. The second-order valence-corrected chi connectivity index (χ2v) is 6.29. The Hall–Kier alpha value is -2.45. The van der Waals surface area contributed by atoms with Crippen molar-refractivity contribution in [3.63, 3.8) is 0 Å². The molecule has 1 amide bonds. The summed E-state index contributed by atoms with van der Waals surface area (Å²) in [6.45, 7) is 0. The number of hydrogen-bond donors (Lipinski definition) is 3. The van der Waals surface area contributed by atoms with Crippen molar-refractivity contribution >= 4 is 45.6 Å². The maximum absolute atomic E-state index is 12.5. The zero-order valence-corrected chi connectivity index (χ0v) is 13.9. The molecule has 0 bridgehead atoms. The molecule has 0 spiro atoms. The lowest BCUT2D eigenvalue weighted by Crippen LogP contribution is -2.34. The van der Waals surface area contributed by atoms with E-state index in [1.165, 1.54) is 7.11 Å². The molecular formula is C15H15N3O3S2. The Kier molecular flexibility index (Phi) is 5.67. The van der Waals surface area contributed by atoms with Crippen molar-refractivity contribution in [3.8, 4) is 0 Å². The van der Waals surface area contributed by atoms with Gasteiger partial charge in [0.2, 0.25) is 0 Å². The van der Waals surface area contributed by atoms with Crippen LogP contribution >= 0.6 is 12.2 Å². The molecule has 1 unspecified atom stereocenters. The lowest BCUT2D eigenvalue weighted by atomic mass is 10.3. The highest BCUT2D eigenvalue weighted by atomic mass is 32.2. The lowest BCUT2D eigenvalue weighted by Gasteiger charge is -2.12. The van der Waals surface area contributed by atoms with Crippen molar-refractivity contribution < 1.29 is 13.7 Å². The average molecular weight is 349 g/mol. The second-order valence-electron chi connectivity index (χ2n) is 4.40. The topological polar surface area (TPSA) is 93.5 Å². The number of nitrogens with two attached hydrogens (primary N) is 1. The van der Waals surface area contributed by atoms with E-state index in [2.05, 4.69) is 15.4 Å². The van der Waals surface area contributed by atoms with Crippen LogP contribution in [0, 0.1) is 0 Å². The van der Waals surface area contributed by atoms with Crippen LogP contribution in [0.5, 0.6) is 0 Å². The van der Waals surface area contributed by atoms with Crippen molar-refractivity contribution in [2.24, 2.45) is 0 Å². The summed E-state index contributed by atoms with van der Waals surface area (Å²) in [5.74, 6) is 0. The van der Waals surface area contributed by atoms with Gasteiger partial charge in [-0.3, -0.25) is 5.32 Å². The number of amides is 1. The van der Waals surface area contributed by atoms with Crippen LogP contribution in [-0.4, -0.2) is 22.5 Å². The van der Waals surface area contributed by atoms with Crippen LogP contribution in [0.2, 0.25) is 0 Å². The highest BCUT2D eigenvalue weighted by molar-refractivity contribution is 7.85. The van der Waals surface area contributed by atoms with Gasteiger partial charge in [0.1, 0.15) is 0 Å². The van der Waals surface area contributed by atoms with Crippen LogP contribution in [-0.2, 0) is 15.5 Å². The van der Waals surface area contributed by atoms with Crippen LogP contribution in [0.3, 0.4) is 0 Å². The summed E-state index contributed by atoms with van der Waals surface area (Å²) < 4.78 is 16.9. The Bertz CT molecular complexity index is 751. The first-order valence-electron chi connectivity index (χ1n) is 6.53. The highest BCUT2D eigenvalue weighted by Crippen LogP contribution is 2.24. The fraction of sp³-hybridized carbons (Fsp3) is 0.0667. The number of anilines is 2. The van der Waals surface area contributed by atoms with Crippen LogP contribution in [0.4, 0.5) is 16.2 Å². The van der Waals surface area contributed by atoms with Gasteiger partial charge >= 0.3 is 6.09 Å². The molecule has 0 fully saturated rings. The van der Waals surface area contributed by atoms with Gasteiger partial charge in [0.05, 0.1) is 29.3 Å². The molecule has 2 aromatic rings. The molecule has 0 aliphatic rings. The third-order valence-corrected chi connectivity index (χ3v) is 4.43. The van der Waals surface area contributed by atoms with Crippen molar-refractivity contribution in [2.75, 3.05) is 18.2 Å². The minimum atomic E-state index is -1.32. The van der Waals surface area contributed by atoms with Crippen LogP contribution in [0.25, 0.3) is 0 Å². The molecule has 0 radical (unpaired) electrons. The van der Waals surface area contributed by atoms with E-state index < -0.39 is 16.9 Å². The molecule has 120 valence electrons. The fourth-order valence-corrected chi connectivity index (χ4v) is 3.04. The summed E-state index contributed by atoms with van der Waals surface area (Å²) in [4.78, 5) is 12.3. The quantitative estimate of drug-likeness (QED) is 0.582. The van der Waals surface area contributed by atoms with Gasteiger partial charge in [-0.2, -0.15) is 0 Å². The SMILES string of the molecule is COC(=O)NC(=S)Nc1ccc(S(=O)c2ccccc2)cc1N. The Balaban J connectivity index is 2.13. The average Bonchev–Trinajstić information content (AvgIpc) is 2.56. The van der Waals surface area contributed by atoms with Crippen LogP contribution in [0.1, 0.15) is 0 Å². The maximum Gasteiger partial charge on any atom is 0.413 e. The van der Waals surface area contributed by atoms with E-state index in [4.69, 9.17) is 18.0 Å². The predicted octanol–water partition coefficient (Wildman–Crippen LogP) is 2.49. The van der Waals surface area contributed by atoms with E-state index in [0.29, 0.717) is 21.2 Å². The molecule has 0 aliphatic carbocycles. The molecule has 0 saturated heterocycles. The number of carbonyl (C=O) groups excluding carboxylic acids is 1. The Labute approximate surface area is 141 Å². The molecule has 2 aromatic carbocycles. The number of benzene rings is 2. The van der Waals surface area contributed by atoms with Crippen molar-refractivity contribution in [1.29, 1.82) is 0 Å². The summed E-state index contributed by atoms with van der Waals surface area (Å²) in [7, 11) is -0.0828. The normalized spacial score (nSPS) is 11.3. The number of alkyl carbamates (subject to hydrolysis) is 1. The van der Waals surface area contributed by atoms with E-state index in [0.717, 1.165) is 0 Å². The van der Waals surface area contributed by atoms with Gasteiger partial charge < -0.3 is 15.8 Å². The molecule has 23 heavy (non-hydrogen) atoms. The Morgan fingerprint density at radius 2 is 1.87 bits per heavy atom. The van der Waals surface area contributed by atoms with E-state index in [-0.39, 0.29) is 5.11 Å². The zero-order valence-electron chi connectivity index (χ0n) is 12.2. The molecule has 8 heteroatoms. The molecule has 0 saturated carbocycles. The van der Waals surface area contributed by atoms with Gasteiger partial charge in [-0.25, -0.2) is 9.00 Å². The smallest absolute Gasteiger partial charge is 0.413 e. The number of carbonyl (C=O) groups is 1. The highest BCUT2D eigenvalue weighted by Gasteiger charge is 2.10. The standard InChI is InChI=1S/C15H15N3O3S2/c1-21-15(19)18-14(22)17-13-8-7-11(9-12(13)16)23(20)10-5-3-2-4-6-10/h2-9H,16H2,1H3,(H2,17,18,19,22). The molecular weight excluding hydrogens is 334 g/mol. The number of nitrogen functional groups attached to an aromatic ring is 1. The van der Waals surface area contributed by atoms with Gasteiger partial charge in [0.15, 0.2) is 5.11 Å². The third kappa shape index (κ3) is 4.51. The van der Waals surface area contributed by atoms with Crippen molar-refractivity contribution in [3.05, 3.63) is 48.5 Å². The summed E-state index contributed by atoms with van der Waals surface area (Å²) in [6.07, 6.45) is -0.678. The van der Waals surface area contributed by atoms with E-state index >= 15 is 0 Å². The summed E-state index contributed by atoms with van der Waals surface area (Å²) in [5.41, 5.74) is 6.81. The Morgan fingerprint density at radius 1 is 1.17 bits per heavy atom.